The Bertz CT molecular complexity index is 2250. The van der Waals surface area contributed by atoms with E-state index >= 15 is 0 Å². The molecule has 5 atom stereocenters. The average Bonchev–Trinajstić information content (AvgIpc) is 3.64. The first-order chi connectivity index (χ1) is 30.4. The Balaban J connectivity index is 0.718. The zero-order chi connectivity index (χ0) is 42.2. The van der Waals surface area contributed by atoms with Crippen molar-refractivity contribution in [1.29, 1.82) is 0 Å². The van der Waals surface area contributed by atoms with Gasteiger partial charge in [-0.1, -0.05) is 61.4 Å². The number of anilines is 2. The lowest BCUT2D eigenvalue weighted by Gasteiger charge is -2.43. The van der Waals surface area contributed by atoms with E-state index in [0.717, 1.165) is 94.0 Å². The minimum Gasteiger partial charge on any atom is -0.497 e. The number of piperazine rings is 2. The molecule has 4 fully saturated rings. The number of carbonyl (C=O) groups is 3. The zero-order valence-electron chi connectivity index (χ0n) is 36.4. The maximum atomic E-state index is 13.2. The van der Waals surface area contributed by atoms with Crippen LogP contribution in [0.15, 0.2) is 91.0 Å². The first kappa shape index (κ1) is 40.9. The van der Waals surface area contributed by atoms with Crippen LogP contribution in [0.4, 0.5) is 11.4 Å². The van der Waals surface area contributed by atoms with Crippen LogP contribution in [0.2, 0.25) is 0 Å². The summed E-state index contributed by atoms with van der Waals surface area (Å²) < 4.78 is 5.61. The second-order valence-corrected chi connectivity index (χ2v) is 18.8. The highest BCUT2D eigenvalue weighted by Crippen LogP contribution is 2.47. The van der Waals surface area contributed by atoms with Crippen molar-refractivity contribution in [2.24, 2.45) is 11.8 Å². The molecule has 4 aliphatic heterocycles. The summed E-state index contributed by atoms with van der Waals surface area (Å²) in [5.41, 5.74) is 9.83. The van der Waals surface area contributed by atoms with Crippen molar-refractivity contribution in [2.75, 3.05) is 82.4 Å². The van der Waals surface area contributed by atoms with Crippen LogP contribution in [-0.4, -0.2) is 111 Å². The van der Waals surface area contributed by atoms with Crippen LogP contribution >= 0.6 is 0 Å². The van der Waals surface area contributed by atoms with Gasteiger partial charge in [-0.3, -0.25) is 29.5 Å². The van der Waals surface area contributed by atoms with Gasteiger partial charge in [-0.25, -0.2) is 0 Å². The van der Waals surface area contributed by atoms with Crippen molar-refractivity contribution in [3.05, 3.63) is 124 Å². The average molecular weight is 835 g/mol. The van der Waals surface area contributed by atoms with E-state index in [-0.39, 0.29) is 24.1 Å². The number of hydrogen-bond acceptors (Lipinski definition) is 8. The number of fused-ring (bicyclic) bond motifs is 2. The molecule has 62 heavy (non-hydrogen) atoms. The van der Waals surface area contributed by atoms with Crippen LogP contribution < -0.4 is 19.9 Å². The third-order valence-corrected chi connectivity index (χ3v) is 15.3. The normalized spacial score (nSPS) is 26.0. The van der Waals surface area contributed by atoms with Gasteiger partial charge in [0, 0.05) is 101 Å². The minimum absolute atomic E-state index is 0.110. The van der Waals surface area contributed by atoms with Crippen LogP contribution in [0.3, 0.4) is 0 Å². The number of nitrogens with zero attached hydrogens (tertiary/aromatic N) is 5. The Morgan fingerprint density at radius 2 is 1.29 bits per heavy atom. The zero-order valence-corrected chi connectivity index (χ0v) is 36.4. The van der Waals surface area contributed by atoms with Gasteiger partial charge in [0.1, 0.15) is 11.8 Å². The van der Waals surface area contributed by atoms with Gasteiger partial charge in [-0.2, -0.15) is 0 Å². The van der Waals surface area contributed by atoms with Gasteiger partial charge in [0.05, 0.1) is 7.11 Å². The number of aryl methyl sites for hydroxylation is 1. The van der Waals surface area contributed by atoms with Gasteiger partial charge >= 0.3 is 0 Å². The topological polar surface area (TPSA) is 88.7 Å². The first-order valence-electron chi connectivity index (χ1n) is 23.4. The molecule has 10 heteroatoms. The maximum Gasteiger partial charge on any atom is 0.255 e. The van der Waals surface area contributed by atoms with Gasteiger partial charge in [0.15, 0.2) is 0 Å². The Kier molecular flexibility index (Phi) is 11.8. The summed E-state index contributed by atoms with van der Waals surface area (Å²) in [4.78, 5) is 49.6. The SMILES string of the molecule is COc1ccc2c(c1)CCC(c1ccccc1)C2c1ccc(N2CCN(C[C@@H]3CCCC[C@H]3CN3CCN(c4ccc5c(c4)CN(C4CCC(=O)NC4=O)C5=O)CC3)CC2)cc1. The van der Waals surface area contributed by atoms with Crippen LogP contribution in [0.1, 0.15) is 95.0 Å². The van der Waals surface area contributed by atoms with Crippen molar-refractivity contribution in [3.8, 4) is 5.75 Å². The van der Waals surface area contributed by atoms with E-state index in [0.29, 0.717) is 30.4 Å². The molecule has 0 spiro atoms. The molecule has 4 aromatic carbocycles. The molecule has 3 saturated heterocycles. The van der Waals surface area contributed by atoms with E-state index in [1.165, 1.54) is 66.7 Å². The van der Waals surface area contributed by atoms with Crippen LogP contribution in [0.5, 0.6) is 5.75 Å². The molecule has 0 bridgehead atoms. The number of rotatable bonds is 10. The molecule has 1 N–H and O–H groups in total. The lowest BCUT2D eigenvalue weighted by Crippen LogP contribution is -2.52. The number of imide groups is 1. The molecule has 2 aliphatic carbocycles. The molecule has 4 heterocycles. The molecule has 10 rings (SSSR count). The largest absolute Gasteiger partial charge is 0.497 e. The molecule has 0 radical (unpaired) electrons. The Labute approximate surface area is 367 Å². The fourth-order valence-corrected chi connectivity index (χ4v) is 11.9. The smallest absolute Gasteiger partial charge is 0.255 e. The lowest BCUT2D eigenvalue weighted by molar-refractivity contribution is -0.136. The van der Waals surface area contributed by atoms with Gasteiger partial charge < -0.3 is 19.4 Å². The predicted octanol–water partition coefficient (Wildman–Crippen LogP) is 7.07. The number of hydrogen-bond donors (Lipinski definition) is 1. The van der Waals surface area contributed by atoms with Crippen LogP contribution in [0, 0.1) is 11.8 Å². The molecule has 6 aliphatic rings. The highest BCUT2D eigenvalue weighted by molar-refractivity contribution is 6.05. The Morgan fingerprint density at radius 3 is 1.95 bits per heavy atom. The van der Waals surface area contributed by atoms with E-state index < -0.39 is 6.04 Å². The summed E-state index contributed by atoms with van der Waals surface area (Å²) in [6.07, 6.45) is 8.25. The van der Waals surface area contributed by atoms with Crippen LogP contribution in [-0.2, 0) is 22.6 Å². The van der Waals surface area contributed by atoms with Gasteiger partial charge in [-0.05, 0) is 120 Å². The van der Waals surface area contributed by atoms with Crippen molar-refractivity contribution in [3.63, 3.8) is 0 Å². The number of nitrogens with one attached hydrogen (secondary N) is 1. The molecule has 4 aromatic rings. The van der Waals surface area contributed by atoms with E-state index in [2.05, 4.69) is 110 Å². The summed E-state index contributed by atoms with van der Waals surface area (Å²) in [6.45, 7) is 11.3. The number of methoxy groups -OCH3 is 1. The van der Waals surface area contributed by atoms with Crippen molar-refractivity contribution in [2.45, 2.75) is 75.8 Å². The standard InChI is InChI=1S/C52H62N6O4/c1-62-44-17-20-46-38(32-44)13-18-45(36-7-3-2-4-8-36)50(46)37-11-14-42(15-12-37)56-27-23-54(24-28-56)33-39-9-5-6-10-40(39)34-55-25-29-57(30-26-55)43-16-19-47-41(31-43)35-58(52(47)61)48-21-22-49(59)53-51(48)60/h2-4,7-8,11-12,14-17,19-20,31-32,39-40,45,48,50H,5-6,9-10,13,18,21-30,33-35H2,1H3,(H,53,59,60)/t39-,40-,45?,48?,50?/m0/s1. The van der Waals surface area contributed by atoms with Crippen LogP contribution in [0.25, 0.3) is 0 Å². The molecule has 3 unspecified atom stereocenters. The van der Waals surface area contributed by atoms with Gasteiger partial charge in [-0.15, -0.1) is 0 Å². The highest BCUT2D eigenvalue weighted by atomic mass is 16.5. The van der Waals surface area contributed by atoms with Crippen molar-refractivity contribution < 1.29 is 19.1 Å². The molecule has 10 nitrogen and oxygen atoms in total. The highest BCUT2D eigenvalue weighted by Gasteiger charge is 2.40. The molecular formula is C52H62N6O4. The van der Waals surface area contributed by atoms with Crippen molar-refractivity contribution in [1.82, 2.24) is 20.0 Å². The van der Waals surface area contributed by atoms with Gasteiger partial charge in [0.25, 0.3) is 5.91 Å². The Hall–Kier alpha value is -5.19. The second-order valence-electron chi connectivity index (χ2n) is 18.8. The summed E-state index contributed by atoms with van der Waals surface area (Å²) in [7, 11) is 1.76. The summed E-state index contributed by atoms with van der Waals surface area (Å²) in [5, 5.41) is 2.41. The van der Waals surface area contributed by atoms with Crippen molar-refractivity contribution >= 4 is 29.1 Å². The third-order valence-electron chi connectivity index (χ3n) is 15.3. The lowest BCUT2D eigenvalue weighted by atomic mass is 9.69. The maximum absolute atomic E-state index is 13.2. The number of amides is 3. The monoisotopic (exact) mass is 834 g/mol. The van der Waals surface area contributed by atoms with E-state index in [4.69, 9.17) is 4.74 Å². The Morgan fingerprint density at radius 1 is 0.629 bits per heavy atom. The molecule has 0 aromatic heterocycles. The van der Waals surface area contributed by atoms with E-state index in [1.807, 2.05) is 6.07 Å². The summed E-state index contributed by atoms with van der Waals surface area (Å²) in [6, 6.07) is 32.9. The number of piperidine rings is 1. The van der Waals surface area contributed by atoms with E-state index in [9.17, 15) is 14.4 Å². The molecule has 1 saturated carbocycles. The fraction of sp³-hybridized carbons (Fsp3) is 0.481. The molecule has 3 amide bonds. The summed E-state index contributed by atoms with van der Waals surface area (Å²) in [5.74, 6) is 2.49. The second kappa shape index (κ2) is 17.9. The summed E-state index contributed by atoms with van der Waals surface area (Å²) >= 11 is 0. The number of ether oxygens (including phenoxy) is 1. The minimum atomic E-state index is -0.581. The number of benzene rings is 4. The number of carbonyl (C=O) groups excluding carboxylic acids is 3. The van der Waals surface area contributed by atoms with E-state index in [1.54, 1.807) is 12.0 Å². The van der Waals surface area contributed by atoms with Gasteiger partial charge in [0.2, 0.25) is 11.8 Å². The third kappa shape index (κ3) is 8.36. The molecular weight excluding hydrogens is 773 g/mol. The first-order valence-corrected chi connectivity index (χ1v) is 23.4. The predicted molar refractivity (Wildman–Crippen MR) is 244 cm³/mol. The molecule has 324 valence electrons. The quantitative estimate of drug-likeness (QED) is 0.170. The fourth-order valence-electron chi connectivity index (χ4n) is 11.9.